The van der Waals surface area contributed by atoms with Gasteiger partial charge in [-0.3, -0.25) is 10.1 Å². The third kappa shape index (κ3) is 2.51. The van der Waals surface area contributed by atoms with Crippen LogP contribution in [0.25, 0.3) is 0 Å². The zero-order valence-corrected chi connectivity index (χ0v) is 10.5. The molecule has 1 aromatic rings. The Kier molecular flexibility index (Phi) is 4.26. The van der Waals surface area contributed by atoms with Crippen LogP contribution >= 0.6 is 27.5 Å². The Morgan fingerprint density at radius 3 is 2.75 bits per heavy atom. The Labute approximate surface area is 105 Å². The highest BCUT2D eigenvalue weighted by Gasteiger charge is 2.24. The number of nitro groups is 1. The minimum atomic E-state index is -0.658. The second-order valence-corrected chi connectivity index (χ2v) is 3.94. The molecule has 0 aromatic heterocycles. The van der Waals surface area contributed by atoms with Gasteiger partial charge in [0.05, 0.1) is 17.1 Å². The summed E-state index contributed by atoms with van der Waals surface area (Å²) in [5.41, 5.74) is -0.259. The number of halogens is 2. The molecule has 7 heteroatoms. The van der Waals surface area contributed by atoms with Crippen molar-refractivity contribution >= 4 is 39.2 Å². The molecule has 5 nitrogen and oxygen atoms in total. The van der Waals surface area contributed by atoms with E-state index in [0.29, 0.717) is 0 Å². The van der Waals surface area contributed by atoms with Gasteiger partial charge in [0.2, 0.25) is 0 Å². The van der Waals surface area contributed by atoms with Crippen LogP contribution in [0.2, 0.25) is 5.02 Å². The van der Waals surface area contributed by atoms with E-state index in [1.165, 1.54) is 12.1 Å². The molecule has 0 saturated heterocycles. The quantitative estimate of drug-likeness (QED) is 0.488. The van der Waals surface area contributed by atoms with Crippen molar-refractivity contribution in [2.75, 3.05) is 6.61 Å². The highest BCUT2D eigenvalue weighted by molar-refractivity contribution is 9.10. The maximum absolute atomic E-state index is 11.4. The molecule has 0 radical (unpaired) electrons. The van der Waals surface area contributed by atoms with E-state index < -0.39 is 10.9 Å². The van der Waals surface area contributed by atoms with E-state index in [1.54, 1.807) is 6.92 Å². The van der Waals surface area contributed by atoms with Crippen LogP contribution in [0, 0.1) is 10.1 Å². The van der Waals surface area contributed by atoms with Crippen molar-refractivity contribution in [2.24, 2.45) is 0 Å². The molecule has 1 rings (SSSR count). The normalized spacial score (nSPS) is 9.94. The van der Waals surface area contributed by atoms with Crippen molar-refractivity contribution in [2.45, 2.75) is 6.92 Å². The molecule has 0 bridgehead atoms. The zero-order chi connectivity index (χ0) is 12.3. The fourth-order valence-corrected chi connectivity index (χ4v) is 2.07. The van der Waals surface area contributed by atoms with Gasteiger partial charge in [-0.15, -0.1) is 0 Å². The van der Waals surface area contributed by atoms with Crippen LogP contribution in [-0.2, 0) is 4.74 Å². The van der Waals surface area contributed by atoms with Crippen LogP contribution in [-0.4, -0.2) is 17.5 Å². The Morgan fingerprint density at radius 2 is 2.25 bits per heavy atom. The van der Waals surface area contributed by atoms with Crippen molar-refractivity contribution in [1.29, 1.82) is 0 Å². The van der Waals surface area contributed by atoms with Crippen molar-refractivity contribution in [3.8, 4) is 0 Å². The molecular weight excluding hydrogens is 301 g/mol. The topological polar surface area (TPSA) is 69.4 Å². The molecule has 16 heavy (non-hydrogen) atoms. The Bertz CT molecular complexity index is 449. The van der Waals surface area contributed by atoms with E-state index in [4.69, 9.17) is 16.3 Å². The number of benzene rings is 1. The number of hydrogen-bond donors (Lipinski definition) is 0. The zero-order valence-electron chi connectivity index (χ0n) is 8.20. The molecular formula is C9H7BrClNO4. The minimum Gasteiger partial charge on any atom is -0.462 e. The summed E-state index contributed by atoms with van der Waals surface area (Å²) in [6, 6.07) is 2.66. The number of nitrogens with zero attached hydrogens (tertiary/aromatic N) is 1. The van der Waals surface area contributed by atoms with E-state index in [0.717, 1.165) is 0 Å². The first kappa shape index (κ1) is 12.9. The van der Waals surface area contributed by atoms with Crippen molar-refractivity contribution in [3.05, 3.63) is 37.3 Å². The number of esters is 1. The van der Waals surface area contributed by atoms with Crippen LogP contribution in [0.4, 0.5) is 5.69 Å². The van der Waals surface area contributed by atoms with Gasteiger partial charge in [-0.05, 0) is 35.0 Å². The van der Waals surface area contributed by atoms with Crippen LogP contribution in [0.15, 0.2) is 16.6 Å². The maximum Gasteiger partial charge on any atom is 0.339 e. The highest BCUT2D eigenvalue weighted by Crippen LogP contribution is 2.35. The average molecular weight is 309 g/mol. The summed E-state index contributed by atoms with van der Waals surface area (Å²) in [5.74, 6) is -0.630. The van der Waals surface area contributed by atoms with Crippen LogP contribution in [0.1, 0.15) is 17.3 Å². The van der Waals surface area contributed by atoms with Crippen molar-refractivity contribution < 1.29 is 14.5 Å². The highest BCUT2D eigenvalue weighted by atomic mass is 79.9. The Balaban J connectivity index is 3.29. The van der Waals surface area contributed by atoms with E-state index in [-0.39, 0.29) is 27.4 Å². The number of carbonyl (C=O) groups excluding carboxylic acids is 1. The summed E-state index contributed by atoms with van der Waals surface area (Å²) < 4.78 is 4.78. The van der Waals surface area contributed by atoms with E-state index in [2.05, 4.69) is 15.9 Å². The Morgan fingerprint density at radius 1 is 1.62 bits per heavy atom. The van der Waals surface area contributed by atoms with Gasteiger partial charge < -0.3 is 4.74 Å². The first-order chi connectivity index (χ1) is 7.49. The molecule has 0 fully saturated rings. The molecule has 0 heterocycles. The molecule has 0 N–H and O–H groups in total. The summed E-state index contributed by atoms with van der Waals surface area (Å²) in [7, 11) is 0. The van der Waals surface area contributed by atoms with E-state index in [1.807, 2.05) is 0 Å². The van der Waals surface area contributed by atoms with Gasteiger partial charge in [0, 0.05) is 0 Å². The summed E-state index contributed by atoms with van der Waals surface area (Å²) in [5, 5.41) is 10.7. The van der Waals surface area contributed by atoms with Gasteiger partial charge in [0.15, 0.2) is 0 Å². The third-order valence-corrected chi connectivity index (χ3v) is 2.85. The lowest BCUT2D eigenvalue weighted by Gasteiger charge is -2.05. The number of ether oxygens (including phenoxy) is 1. The summed E-state index contributed by atoms with van der Waals surface area (Å²) >= 11 is 8.63. The first-order valence-corrected chi connectivity index (χ1v) is 5.45. The second-order valence-electron chi connectivity index (χ2n) is 2.74. The van der Waals surface area contributed by atoms with Crippen LogP contribution in [0.3, 0.4) is 0 Å². The molecule has 86 valence electrons. The fourth-order valence-electron chi connectivity index (χ4n) is 1.07. The molecule has 0 spiro atoms. The molecule has 0 unspecified atom stereocenters. The van der Waals surface area contributed by atoms with Crippen molar-refractivity contribution in [1.82, 2.24) is 0 Å². The predicted octanol–water partition coefficient (Wildman–Crippen LogP) is 3.19. The van der Waals surface area contributed by atoms with Crippen LogP contribution in [0.5, 0.6) is 0 Å². The summed E-state index contributed by atoms with van der Waals surface area (Å²) in [4.78, 5) is 21.5. The fraction of sp³-hybridized carbons (Fsp3) is 0.222. The standard InChI is InChI=1S/C9H7BrClNO4/c1-2-16-9(13)5-3-4-6(11)8(7(5)10)12(14)15/h3-4H,2H2,1H3. The summed E-state index contributed by atoms with van der Waals surface area (Å²) in [6.45, 7) is 1.85. The van der Waals surface area contributed by atoms with Gasteiger partial charge >= 0.3 is 11.7 Å². The molecule has 0 aliphatic carbocycles. The van der Waals surface area contributed by atoms with Gasteiger partial charge in [-0.2, -0.15) is 0 Å². The number of carbonyl (C=O) groups is 1. The molecule has 0 aliphatic rings. The molecule has 0 saturated carbocycles. The van der Waals surface area contributed by atoms with Gasteiger partial charge in [-0.25, -0.2) is 4.79 Å². The second kappa shape index (κ2) is 5.27. The number of hydrogen-bond acceptors (Lipinski definition) is 4. The third-order valence-electron chi connectivity index (χ3n) is 1.74. The van der Waals surface area contributed by atoms with Gasteiger partial charge in [0.25, 0.3) is 0 Å². The molecule has 0 aliphatic heterocycles. The van der Waals surface area contributed by atoms with Gasteiger partial charge in [-0.1, -0.05) is 11.6 Å². The number of rotatable bonds is 3. The maximum atomic E-state index is 11.4. The lowest BCUT2D eigenvalue weighted by molar-refractivity contribution is -0.385. The average Bonchev–Trinajstić information content (AvgIpc) is 2.17. The van der Waals surface area contributed by atoms with E-state index in [9.17, 15) is 14.9 Å². The predicted molar refractivity (Wildman–Crippen MR) is 61.8 cm³/mol. The molecule has 0 atom stereocenters. The molecule has 1 aromatic carbocycles. The Hall–Kier alpha value is -1.14. The van der Waals surface area contributed by atoms with Crippen molar-refractivity contribution in [3.63, 3.8) is 0 Å². The SMILES string of the molecule is CCOC(=O)c1ccc(Cl)c([N+](=O)[O-])c1Br. The lowest BCUT2D eigenvalue weighted by Crippen LogP contribution is -2.06. The number of nitro benzene ring substituents is 1. The van der Waals surface area contributed by atoms with Gasteiger partial charge in [0.1, 0.15) is 9.50 Å². The minimum absolute atomic E-state index is 0.0310. The summed E-state index contributed by atoms with van der Waals surface area (Å²) in [6.07, 6.45) is 0. The van der Waals surface area contributed by atoms with E-state index >= 15 is 0 Å². The molecule has 0 amide bonds. The first-order valence-electron chi connectivity index (χ1n) is 4.28. The lowest BCUT2D eigenvalue weighted by atomic mass is 10.2. The monoisotopic (exact) mass is 307 g/mol. The largest absolute Gasteiger partial charge is 0.462 e. The van der Waals surface area contributed by atoms with Crippen LogP contribution < -0.4 is 0 Å². The smallest absolute Gasteiger partial charge is 0.339 e.